The van der Waals surface area contributed by atoms with E-state index < -0.39 is 34.1 Å². The lowest BCUT2D eigenvalue weighted by Crippen LogP contribution is -2.54. The third-order valence-corrected chi connectivity index (χ3v) is 8.10. The van der Waals surface area contributed by atoms with E-state index in [4.69, 9.17) is 23.2 Å². The number of nitrogens with zero attached hydrogens (tertiary/aromatic N) is 2. The molecule has 0 heterocycles. The Morgan fingerprint density at radius 2 is 1.47 bits per heavy atom. The average molecular weight is 577 g/mol. The Morgan fingerprint density at radius 1 is 0.895 bits per heavy atom. The normalized spacial score (nSPS) is 12.5. The Labute approximate surface area is 234 Å². The molecule has 10 heteroatoms. The second-order valence-corrected chi connectivity index (χ2v) is 12.5. The zero-order chi connectivity index (χ0) is 28.1. The molecule has 0 bridgehead atoms. The van der Waals surface area contributed by atoms with E-state index in [0.29, 0.717) is 15.6 Å². The Bertz CT molecular complexity index is 1380. The fourth-order valence-electron chi connectivity index (χ4n) is 3.72. The molecule has 3 rings (SSSR count). The molecule has 1 atom stereocenters. The minimum absolute atomic E-state index is 0.0110. The van der Waals surface area contributed by atoms with Crippen molar-refractivity contribution in [2.24, 2.45) is 0 Å². The van der Waals surface area contributed by atoms with Crippen molar-refractivity contribution in [2.75, 3.05) is 10.8 Å². The second-order valence-electron chi connectivity index (χ2n) is 9.83. The van der Waals surface area contributed by atoms with Crippen molar-refractivity contribution in [1.82, 2.24) is 10.2 Å². The van der Waals surface area contributed by atoms with Crippen LogP contribution in [0, 0.1) is 0 Å². The summed E-state index contributed by atoms with van der Waals surface area (Å²) in [6.45, 7) is 6.59. The molecule has 0 saturated carbocycles. The summed E-state index contributed by atoms with van der Waals surface area (Å²) in [5.41, 5.74) is 0.356. The van der Waals surface area contributed by atoms with Crippen LogP contribution < -0.4 is 9.62 Å². The molecule has 38 heavy (non-hydrogen) atoms. The maximum Gasteiger partial charge on any atom is 0.264 e. The summed E-state index contributed by atoms with van der Waals surface area (Å²) >= 11 is 12.4. The van der Waals surface area contributed by atoms with E-state index in [1.165, 1.54) is 29.2 Å². The fourth-order valence-corrected chi connectivity index (χ4v) is 5.48. The van der Waals surface area contributed by atoms with Crippen LogP contribution in [0.15, 0.2) is 83.8 Å². The number of carbonyl (C=O) groups is 2. The van der Waals surface area contributed by atoms with Gasteiger partial charge in [0.25, 0.3) is 10.0 Å². The van der Waals surface area contributed by atoms with Gasteiger partial charge in [0, 0.05) is 22.1 Å². The van der Waals surface area contributed by atoms with Crippen molar-refractivity contribution in [3.8, 4) is 0 Å². The van der Waals surface area contributed by atoms with Crippen LogP contribution >= 0.6 is 23.2 Å². The predicted molar refractivity (Wildman–Crippen MR) is 152 cm³/mol. The Balaban J connectivity index is 2.03. The quantitative estimate of drug-likeness (QED) is 0.364. The molecule has 2 amide bonds. The van der Waals surface area contributed by atoms with Crippen LogP contribution in [0.5, 0.6) is 0 Å². The first-order valence-corrected chi connectivity index (χ1v) is 14.2. The number of hydrogen-bond donors (Lipinski definition) is 1. The largest absolute Gasteiger partial charge is 0.350 e. The van der Waals surface area contributed by atoms with E-state index >= 15 is 0 Å². The summed E-state index contributed by atoms with van der Waals surface area (Å²) < 4.78 is 28.4. The summed E-state index contributed by atoms with van der Waals surface area (Å²) in [5.74, 6) is -0.946. The van der Waals surface area contributed by atoms with Crippen LogP contribution in [0.25, 0.3) is 0 Å². The number of carbonyl (C=O) groups excluding carboxylic acids is 2. The molecule has 1 unspecified atom stereocenters. The molecular weight excluding hydrogens is 545 g/mol. The number of hydrogen-bond acceptors (Lipinski definition) is 4. The maximum atomic E-state index is 13.9. The number of benzene rings is 3. The number of halogens is 2. The van der Waals surface area contributed by atoms with Gasteiger partial charge in [0.05, 0.1) is 10.6 Å². The minimum Gasteiger partial charge on any atom is -0.350 e. The van der Waals surface area contributed by atoms with Crippen molar-refractivity contribution in [2.45, 2.75) is 50.7 Å². The molecule has 3 aromatic rings. The fraction of sp³-hybridized carbons (Fsp3) is 0.286. The highest BCUT2D eigenvalue weighted by Gasteiger charge is 2.33. The van der Waals surface area contributed by atoms with Crippen LogP contribution in [0.4, 0.5) is 5.69 Å². The van der Waals surface area contributed by atoms with Crippen molar-refractivity contribution in [3.05, 3.63) is 94.5 Å². The Morgan fingerprint density at radius 3 is 2.05 bits per heavy atom. The SMILES string of the molecule is CC(C(=O)NC(C)(C)C)N(Cc1ccccc1Cl)C(=O)CN(c1ccc(Cl)cc1)S(=O)(=O)c1ccccc1. The Kier molecular flexibility index (Phi) is 9.46. The van der Waals surface area contributed by atoms with E-state index in [0.717, 1.165) is 4.31 Å². The molecule has 0 aliphatic rings. The molecule has 7 nitrogen and oxygen atoms in total. The second kappa shape index (κ2) is 12.2. The van der Waals surface area contributed by atoms with Crippen molar-refractivity contribution >= 4 is 50.7 Å². The summed E-state index contributed by atoms with van der Waals surface area (Å²) in [7, 11) is -4.14. The van der Waals surface area contributed by atoms with Gasteiger partial charge in [-0.3, -0.25) is 13.9 Å². The highest BCUT2D eigenvalue weighted by molar-refractivity contribution is 7.92. The number of sulfonamides is 1. The van der Waals surface area contributed by atoms with Gasteiger partial charge in [-0.05, 0) is 75.7 Å². The van der Waals surface area contributed by atoms with Crippen LogP contribution in [0.2, 0.25) is 10.0 Å². The van der Waals surface area contributed by atoms with Gasteiger partial charge in [0.15, 0.2) is 0 Å². The smallest absolute Gasteiger partial charge is 0.264 e. The van der Waals surface area contributed by atoms with E-state index in [-0.39, 0.29) is 23.0 Å². The maximum absolute atomic E-state index is 13.9. The zero-order valence-corrected chi connectivity index (χ0v) is 24.0. The topological polar surface area (TPSA) is 86.8 Å². The van der Waals surface area contributed by atoms with Gasteiger partial charge >= 0.3 is 0 Å². The van der Waals surface area contributed by atoms with Gasteiger partial charge in [0.2, 0.25) is 11.8 Å². The molecule has 0 aliphatic carbocycles. The number of anilines is 1. The summed E-state index contributed by atoms with van der Waals surface area (Å²) in [6.07, 6.45) is 0. The molecule has 0 spiro atoms. The lowest BCUT2D eigenvalue weighted by Gasteiger charge is -2.33. The molecule has 0 radical (unpaired) electrons. The summed E-state index contributed by atoms with van der Waals surface area (Å²) in [5, 5.41) is 3.74. The van der Waals surface area contributed by atoms with E-state index in [9.17, 15) is 18.0 Å². The summed E-state index contributed by atoms with van der Waals surface area (Å²) in [4.78, 5) is 28.3. The average Bonchev–Trinajstić information content (AvgIpc) is 2.86. The monoisotopic (exact) mass is 575 g/mol. The van der Waals surface area contributed by atoms with Crippen molar-refractivity contribution in [1.29, 1.82) is 0 Å². The van der Waals surface area contributed by atoms with Gasteiger partial charge in [-0.15, -0.1) is 0 Å². The molecule has 202 valence electrons. The van der Waals surface area contributed by atoms with Gasteiger partial charge in [0.1, 0.15) is 12.6 Å². The predicted octanol–water partition coefficient (Wildman–Crippen LogP) is 5.52. The first-order valence-electron chi connectivity index (χ1n) is 12.0. The molecule has 0 fully saturated rings. The van der Waals surface area contributed by atoms with Gasteiger partial charge in [-0.1, -0.05) is 59.6 Å². The Hall–Kier alpha value is -3.07. The molecule has 0 saturated heterocycles. The minimum atomic E-state index is -4.14. The van der Waals surface area contributed by atoms with Crippen LogP contribution in [0.3, 0.4) is 0 Å². The highest BCUT2D eigenvalue weighted by Crippen LogP contribution is 2.26. The first-order chi connectivity index (χ1) is 17.8. The molecule has 0 aliphatic heterocycles. The van der Waals surface area contributed by atoms with Crippen molar-refractivity contribution in [3.63, 3.8) is 0 Å². The lowest BCUT2D eigenvalue weighted by atomic mass is 10.1. The van der Waals surface area contributed by atoms with E-state index in [1.807, 2.05) is 20.8 Å². The number of nitrogens with one attached hydrogen (secondary N) is 1. The van der Waals surface area contributed by atoms with E-state index in [1.54, 1.807) is 61.5 Å². The highest BCUT2D eigenvalue weighted by atomic mass is 35.5. The molecular formula is C28H31Cl2N3O4S. The van der Waals surface area contributed by atoms with Crippen molar-refractivity contribution < 1.29 is 18.0 Å². The van der Waals surface area contributed by atoms with Crippen LogP contribution in [-0.2, 0) is 26.2 Å². The molecule has 1 N–H and O–H groups in total. The number of rotatable bonds is 9. The van der Waals surface area contributed by atoms with Gasteiger partial charge in [-0.25, -0.2) is 8.42 Å². The van der Waals surface area contributed by atoms with Crippen LogP contribution in [-0.4, -0.2) is 43.3 Å². The van der Waals surface area contributed by atoms with Crippen LogP contribution in [0.1, 0.15) is 33.3 Å². The van der Waals surface area contributed by atoms with E-state index in [2.05, 4.69) is 5.32 Å². The van der Waals surface area contributed by atoms with Gasteiger partial charge < -0.3 is 10.2 Å². The zero-order valence-electron chi connectivity index (χ0n) is 21.7. The van der Waals surface area contributed by atoms with Gasteiger partial charge in [-0.2, -0.15) is 0 Å². The number of amides is 2. The third kappa shape index (κ3) is 7.49. The standard InChI is InChI=1S/C28H31Cl2N3O4S/c1-20(27(35)31-28(2,3)4)32(18-21-10-8-9-13-25(21)30)26(34)19-33(23-16-14-22(29)15-17-23)38(36,37)24-11-6-5-7-12-24/h5-17,20H,18-19H2,1-4H3,(H,31,35). The lowest BCUT2D eigenvalue weighted by molar-refractivity contribution is -0.140. The third-order valence-electron chi connectivity index (χ3n) is 5.69. The summed E-state index contributed by atoms with van der Waals surface area (Å²) in [6, 6.07) is 20.1. The molecule has 3 aromatic carbocycles. The molecule has 0 aromatic heterocycles. The first kappa shape index (κ1) is 29.5.